The van der Waals surface area contributed by atoms with Gasteiger partial charge in [-0.15, -0.1) is 0 Å². The van der Waals surface area contributed by atoms with E-state index in [1.165, 1.54) is 0 Å². The number of hydrogen-bond acceptors (Lipinski definition) is 3. The van der Waals surface area contributed by atoms with Gasteiger partial charge in [-0.05, 0) is 26.7 Å². The quantitative estimate of drug-likeness (QED) is 0.676. The lowest BCUT2D eigenvalue weighted by Crippen LogP contribution is -2.48. The van der Waals surface area contributed by atoms with E-state index in [1.807, 2.05) is 13.8 Å². The lowest BCUT2D eigenvalue weighted by molar-refractivity contribution is -0.144. The Balaban J connectivity index is 2.37. The van der Waals surface area contributed by atoms with Crippen LogP contribution in [0.4, 0.5) is 4.79 Å². The van der Waals surface area contributed by atoms with Gasteiger partial charge in [-0.1, -0.05) is 0 Å². The van der Waals surface area contributed by atoms with E-state index < -0.39 is 12.6 Å². The van der Waals surface area contributed by atoms with Gasteiger partial charge in [-0.3, -0.25) is 4.84 Å². The molecule has 0 unspecified atom stereocenters. The third kappa shape index (κ3) is 3.09. The second-order valence-corrected chi connectivity index (χ2v) is 4.16. The van der Waals surface area contributed by atoms with Gasteiger partial charge in [0.1, 0.15) is 0 Å². The number of nitrogens with one attached hydrogen (secondary N) is 1. The smallest absolute Gasteiger partial charge is 0.341 e. The van der Waals surface area contributed by atoms with Crippen LogP contribution < -0.4 is 5.48 Å². The summed E-state index contributed by atoms with van der Waals surface area (Å²) in [6.07, 6.45) is 1.90. The van der Waals surface area contributed by atoms with Gasteiger partial charge in [-0.25, -0.2) is 15.1 Å². The molecule has 1 aliphatic rings. The van der Waals surface area contributed by atoms with Crippen LogP contribution in [-0.2, 0) is 9.63 Å². The van der Waals surface area contributed by atoms with Crippen molar-refractivity contribution in [3.05, 3.63) is 0 Å². The number of urea groups is 1. The summed E-state index contributed by atoms with van der Waals surface area (Å²) in [7, 11) is 0. The summed E-state index contributed by atoms with van der Waals surface area (Å²) in [6, 6.07) is -0.376. The zero-order valence-corrected chi connectivity index (χ0v) is 8.95. The monoisotopic (exact) mass is 216 g/mol. The van der Waals surface area contributed by atoms with Crippen molar-refractivity contribution in [3.8, 4) is 0 Å². The van der Waals surface area contributed by atoms with Crippen LogP contribution >= 0.6 is 0 Å². The van der Waals surface area contributed by atoms with Gasteiger partial charge in [0, 0.05) is 12.1 Å². The average molecular weight is 216 g/mol. The number of carbonyl (C=O) groups excluding carboxylic acids is 1. The fourth-order valence-corrected chi connectivity index (χ4v) is 1.70. The van der Waals surface area contributed by atoms with E-state index in [-0.39, 0.29) is 11.6 Å². The van der Waals surface area contributed by atoms with Crippen LogP contribution in [0.5, 0.6) is 0 Å². The Morgan fingerprint density at radius 1 is 1.53 bits per heavy atom. The Morgan fingerprint density at radius 3 is 2.67 bits per heavy atom. The molecule has 0 atom stereocenters. The molecule has 2 amide bonds. The lowest BCUT2D eigenvalue weighted by atomic mass is 10.0. The number of aliphatic carboxylic acids is 1. The summed E-state index contributed by atoms with van der Waals surface area (Å²) in [5.74, 6) is -1.11. The number of amides is 2. The molecule has 86 valence electrons. The van der Waals surface area contributed by atoms with Gasteiger partial charge in [0.25, 0.3) is 0 Å². The molecule has 0 aromatic carbocycles. The summed E-state index contributed by atoms with van der Waals surface area (Å²) < 4.78 is 0. The molecule has 6 nitrogen and oxygen atoms in total. The molecule has 0 aromatic rings. The SMILES string of the molecule is CC1(C)CCCN1C(=O)NOCC(=O)O. The van der Waals surface area contributed by atoms with Gasteiger partial charge in [0.15, 0.2) is 6.61 Å². The third-order valence-corrected chi connectivity index (χ3v) is 2.50. The van der Waals surface area contributed by atoms with Crippen molar-refractivity contribution in [2.45, 2.75) is 32.2 Å². The number of nitrogens with zero attached hydrogens (tertiary/aromatic N) is 1. The second-order valence-electron chi connectivity index (χ2n) is 4.16. The van der Waals surface area contributed by atoms with Gasteiger partial charge in [-0.2, -0.15) is 0 Å². The number of carbonyl (C=O) groups is 2. The molecule has 0 spiro atoms. The van der Waals surface area contributed by atoms with E-state index in [2.05, 4.69) is 10.3 Å². The molecule has 1 heterocycles. The van der Waals surface area contributed by atoms with E-state index in [4.69, 9.17) is 5.11 Å². The molecule has 0 aromatic heterocycles. The van der Waals surface area contributed by atoms with Crippen molar-refractivity contribution in [2.24, 2.45) is 0 Å². The lowest BCUT2D eigenvalue weighted by Gasteiger charge is -2.31. The minimum Gasteiger partial charge on any atom is -0.479 e. The van der Waals surface area contributed by atoms with Crippen LogP contribution in [0, 0.1) is 0 Å². The minimum absolute atomic E-state index is 0.184. The first-order valence-electron chi connectivity index (χ1n) is 4.85. The fourth-order valence-electron chi connectivity index (χ4n) is 1.70. The summed E-state index contributed by atoms with van der Waals surface area (Å²) in [5.41, 5.74) is 1.93. The first kappa shape index (κ1) is 11.8. The molecule has 1 fully saturated rings. The first-order valence-corrected chi connectivity index (χ1v) is 4.85. The van der Waals surface area contributed by atoms with Crippen molar-refractivity contribution in [3.63, 3.8) is 0 Å². The van der Waals surface area contributed by atoms with Crippen molar-refractivity contribution < 1.29 is 19.5 Å². The van der Waals surface area contributed by atoms with E-state index in [9.17, 15) is 9.59 Å². The normalized spacial score (nSPS) is 18.9. The van der Waals surface area contributed by atoms with Crippen LogP contribution in [0.1, 0.15) is 26.7 Å². The molecule has 6 heteroatoms. The Kier molecular flexibility index (Phi) is 3.52. The average Bonchev–Trinajstić information content (AvgIpc) is 2.44. The van der Waals surface area contributed by atoms with E-state index in [0.29, 0.717) is 6.54 Å². The topological polar surface area (TPSA) is 78.9 Å². The summed E-state index contributed by atoms with van der Waals surface area (Å²) in [6.45, 7) is 4.09. The van der Waals surface area contributed by atoms with Crippen molar-refractivity contribution in [1.29, 1.82) is 0 Å². The Hall–Kier alpha value is -1.30. The minimum atomic E-state index is -1.11. The van der Waals surface area contributed by atoms with Gasteiger partial charge >= 0.3 is 12.0 Å². The molecule has 2 N–H and O–H groups in total. The van der Waals surface area contributed by atoms with Gasteiger partial charge in [0.2, 0.25) is 0 Å². The molecule has 0 bridgehead atoms. The van der Waals surface area contributed by atoms with Crippen LogP contribution in [0.3, 0.4) is 0 Å². The number of likely N-dealkylation sites (tertiary alicyclic amines) is 1. The van der Waals surface area contributed by atoms with E-state index in [0.717, 1.165) is 12.8 Å². The highest BCUT2D eigenvalue weighted by Crippen LogP contribution is 2.27. The standard InChI is InChI=1S/C9H16N2O4/c1-9(2)4-3-5-11(9)8(14)10-15-6-7(12)13/h3-6H2,1-2H3,(H,10,14)(H,12,13). The molecule has 0 radical (unpaired) electrons. The first-order chi connectivity index (χ1) is 6.93. The van der Waals surface area contributed by atoms with Gasteiger partial charge < -0.3 is 10.0 Å². The Bertz CT molecular complexity index is 265. The highest BCUT2D eigenvalue weighted by Gasteiger charge is 2.35. The van der Waals surface area contributed by atoms with E-state index in [1.54, 1.807) is 4.90 Å². The maximum Gasteiger partial charge on any atom is 0.341 e. The van der Waals surface area contributed by atoms with Gasteiger partial charge in [0.05, 0.1) is 0 Å². The number of hydrogen-bond donors (Lipinski definition) is 2. The molecule has 0 saturated carbocycles. The highest BCUT2D eigenvalue weighted by atomic mass is 16.7. The zero-order valence-electron chi connectivity index (χ0n) is 8.95. The van der Waals surface area contributed by atoms with Crippen molar-refractivity contribution in [2.75, 3.05) is 13.2 Å². The largest absolute Gasteiger partial charge is 0.479 e. The number of carboxylic acid groups (broad SMARTS) is 1. The molecule has 15 heavy (non-hydrogen) atoms. The predicted molar refractivity (Wildman–Crippen MR) is 52.1 cm³/mol. The summed E-state index contributed by atoms with van der Waals surface area (Å²) in [4.78, 5) is 27.8. The summed E-state index contributed by atoms with van der Waals surface area (Å²) in [5, 5.41) is 8.30. The van der Waals surface area contributed by atoms with Crippen LogP contribution in [0.25, 0.3) is 0 Å². The number of rotatable bonds is 3. The van der Waals surface area contributed by atoms with E-state index >= 15 is 0 Å². The fraction of sp³-hybridized carbons (Fsp3) is 0.778. The Labute approximate surface area is 88.1 Å². The number of hydroxylamine groups is 1. The van der Waals surface area contributed by atoms with Crippen molar-refractivity contribution in [1.82, 2.24) is 10.4 Å². The molecule has 1 aliphatic heterocycles. The molecule has 0 aliphatic carbocycles. The maximum atomic E-state index is 11.5. The van der Waals surface area contributed by atoms with Crippen molar-refractivity contribution >= 4 is 12.0 Å². The molecule has 1 saturated heterocycles. The van der Waals surface area contributed by atoms with Crippen LogP contribution in [-0.4, -0.2) is 40.7 Å². The predicted octanol–water partition coefficient (Wildman–Crippen LogP) is 0.587. The third-order valence-electron chi connectivity index (χ3n) is 2.50. The van der Waals surface area contributed by atoms with Crippen LogP contribution in [0.15, 0.2) is 0 Å². The van der Waals surface area contributed by atoms with Crippen LogP contribution in [0.2, 0.25) is 0 Å². The maximum absolute atomic E-state index is 11.5. The zero-order chi connectivity index (χ0) is 11.5. The summed E-state index contributed by atoms with van der Waals surface area (Å²) >= 11 is 0. The molecular weight excluding hydrogens is 200 g/mol. The Morgan fingerprint density at radius 2 is 2.20 bits per heavy atom. The highest BCUT2D eigenvalue weighted by molar-refractivity contribution is 5.74. The molecular formula is C9H16N2O4. The molecule has 1 rings (SSSR count). The number of carboxylic acids is 1. The second kappa shape index (κ2) is 4.48.